The van der Waals surface area contributed by atoms with Crippen LogP contribution in [0.3, 0.4) is 0 Å². The van der Waals surface area contributed by atoms with Crippen molar-refractivity contribution in [3.05, 3.63) is 29.8 Å². The van der Waals surface area contributed by atoms with Crippen molar-refractivity contribution in [2.75, 3.05) is 13.7 Å². The van der Waals surface area contributed by atoms with Crippen LogP contribution in [0.4, 0.5) is 0 Å². The standard InChI is InChI=1S/C17H23NO7S/c1-5-24-17(20)15(16(19)23-4)11-8-13(3)18-25-26(21,22)14-9-6-12(2)7-10-14/h6-7,9-10,15H,5,8,11H2,1-4H3/b18-13+. The predicted octanol–water partition coefficient (Wildman–Crippen LogP) is 2.21. The van der Waals surface area contributed by atoms with Gasteiger partial charge in [0.2, 0.25) is 0 Å². The van der Waals surface area contributed by atoms with Crippen molar-refractivity contribution in [1.29, 1.82) is 0 Å². The Morgan fingerprint density at radius 1 is 1.15 bits per heavy atom. The predicted molar refractivity (Wildman–Crippen MR) is 93.9 cm³/mol. The fraction of sp³-hybridized carbons (Fsp3) is 0.471. The Morgan fingerprint density at radius 3 is 2.31 bits per heavy atom. The summed E-state index contributed by atoms with van der Waals surface area (Å²) in [4.78, 5) is 23.5. The maximum Gasteiger partial charge on any atom is 0.358 e. The number of aryl methyl sites for hydroxylation is 1. The van der Waals surface area contributed by atoms with Crippen LogP contribution in [0.5, 0.6) is 0 Å². The molecule has 9 heteroatoms. The lowest BCUT2D eigenvalue weighted by atomic mass is 10.0. The highest BCUT2D eigenvalue weighted by molar-refractivity contribution is 7.86. The van der Waals surface area contributed by atoms with Gasteiger partial charge in [-0.15, -0.1) is 0 Å². The molecule has 26 heavy (non-hydrogen) atoms. The molecule has 0 aliphatic heterocycles. The van der Waals surface area contributed by atoms with Gasteiger partial charge in [-0.25, -0.2) is 0 Å². The number of benzene rings is 1. The molecule has 0 bridgehead atoms. The molecule has 1 rings (SSSR count). The third kappa shape index (κ3) is 6.47. The van der Waals surface area contributed by atoms with Gasteiger partial charge in [-0.3, -0.25) is 13.9 Å². The lowest BCUT2D eigenvalue weighted by Crippen LogP contribution is -2.27. The summed E-state index contributed by atoms with van der Waals surface area (Å²) >= 11 is 0. The van der Waals surface area contributed by atoms with Crippen LogP contribution in [-0.2, 0) is 33.5 Å². The Balaban J connectivity index is 2.73. The van der Waals surface area contributed by atoms with E-state index < -0.39 is 28.0 Å². The summed E-state index contributed by atoms with van der Waals surface area (Å²) in [5.41, 5.74) is 1.22. The molecule has 0 N–H and O–H groups in total. The number of esters is 2. The van der Waals surface area contributed by atoms with E-state index in [1.165, 1.54) is 26.2 Å². The first-order valence-electron chi connectivity index (χ1n) is 7.99. The van der Waals surface area contributed by atoms with Crippen molar-refractivity contribution in [2.45, 2.75) is 38.5 Å². The Kier molecular flexibility index (Phi) is 8.24. The molecule has 1 aromatic carbocycles. The van der Waals surface area contributed by atoms with Crippen LogP contribution in [0.15, 0.2) is 34.3 Å². The van der Waals surface area contributed by atoms with Gasteiger partial charge in [0, 0.05) is 0 Å². The summed E-state index contributed by atoms with van der Waals surface area (Å²) in [6.07, 6.45) is 0.219. The Hall–Kier alpha value is -2.42. The molecule has 0 fully saturated rings. The second-order valence-corrected chi connectivity index (χ2v) is 7.06. The average Bonchev–Trinajstić information content (AvgIpc) is 2.60. The molecule has 0 radical (unpaired) electrons. The van der Waals surface area contributed by atoms with E-state index in [1.807, 2.05) is 6.92 Å². The molecule has 0 aliphatic carbocycles. The second kappa shape index (κ2) is 9.91. The van der Waals surface area contributed by atoms with Crippen molar-refractivity contribution in [1.82, 2.24) is 0 Å². The molecule has 0 heterocycles. The van der Waals surface area contributed by atoms with Crippen LogP contribution in [0.25, 0.3) is 0 Å². The summed E-state index contributed by atoms with van der Waals surface area (Å²) in [7, 11) is -2.85. The molecule has 1 atom stereocenters. The van der Waals surface area contributed by atoms with Gasteiger partial charge in [0.25, 0.3) is 0 Å². The fourth-order valence-corrected chi connectivity index (χ4v) is 2.76. The number of carbonyl (C=O) groups excluding carboxylic acids is 2. The molecule has 0 spiro atoms. The third-order valence-electron chi connectivity index (χ3n) is 3.45. The van der Waals surface area contributed by atoms with Crippen LogP contribution in [0.1, 0.15) is 32.3 Å². The minimum absolute atomic E-state index is 0.0152. The van der Waals surface area contributed by atoms with E-state index in [-0.39, 0.29) is 24.3 Å². The smallest absolute Gasteiger partial charge is 0.358 e. The highest BCUT2D eigenvalue weighted by Gasteiger charge is 2.29. The molecule has 0 aromatic heterocycles. The van der Waals surface area contributed by atoms with Gasteiger partial charge in [-0.2, -0.15) is 8.42 Å². The molecule has 0 aliphatic rings. The number of hydrogen-bond donors (Lipinski definition) is 0. The summed E-state index contributed by atoms with van der Waals surface area (Å²) in [5, 5.41) is 3.58. The molecule has 8 nitrogen and oxygen atoms in total. The number of rotatable bonds is 9. The van der Waals surface area contributed by atoms with E-state index in [4.69, 9.17) is 4.74 Å². The number of methoxy groups -OCH3 is 1. The minimum Gasteiger partial charge on any atom is -0.468 e. The summed E-state index contributed by atoms with van der Waals surface area (Å²) in [5.74, 6) is -2.51. The Labute approximate surface area is 153 Å². The molecule has 1 aromatic rings. The minimum atomic E-state index is -4.03. The maximum atomic E-state index is 12.1. The van der Waals surface area contributed by atoms with Gasteiger partial charge in [0.15, 0.2) is 5.92 Å². The maximum absolute atomic E-state index is 12.1. The van der Waals surface area contributed by atoms with Gasteiger partial charge in [0.05, 0.1) is 19.4 Å². The SMILES string of the molecule is CCOC(=O)C(CC/C(C)=N/OS(=O)(=O)c1ccc(C)cc1)C(=O)OC. The van der Waals surface area contributed by atoms with E-state index >= 15 is 0 Å². The van der Waals surface area contributed by atoms with Crippen LogP contribution in [-0.4, -0.2) is 39.8 Å². The topological polar surface area (TPSA) is 108 Å². The number of hydrogen-bond acceptors (Lipinski definition) is 8. The molecule has 0 saturated carbocycles. The summed E-state index contributed by atoms with van der Waals surface area (Å²) in [6, 6.07) is 6.13. The van der Waals surface area contributed by atoms with Gasteiger partial charge < -0.3 is 9.47 Å². The largest absolute Gasteiger partial charge is 0.468 e. The summed E-state index contributed by atoms with van der Waals surface area (Å²) < 4.78 is 38.2. The molecule has 1 unspecified atom stereocenters. The van der Waals surface area contributed by atoms with Crippen LogP contribution < -0.4 is 0 Å². The van der Waals surface area contributed by atoms with E-state index in [1.54, 1.807) is 19.1 Å². The molecule has 0 amide bonds. The lowest BCUT2D eigenvalue weighted by molar-refractivity contribution is -0.160. The van der Waals surface area contributed by atoms with Gasteiger partial charge in [-0.1, -0.05) is 22.9 Å². The molecular formula is C17H23NO7S. The first kappa shape index (κ1) is 21.6. The third-order valence-corrected chi connectivity index (χ3v) is 4.57. The van der Waals surface area contributed by atoms with E-state index in [9.17, 15) is 18.0 Å². The zero-order valence-corrected chi connectivity index (χ0v) is 16.0. The number of nitrogens with zero attached hydrogens (tertiary/aromatic N) is 1. The van der Waals surface area contributed by atoms with E-state index in [2.05, 4.69) is 14.2 Å². The molecular weight excluding hydrogens is 362 g/mol. The number of carbonyl (C=O) groups is 2. The van der Waals surface area contributed by atoms with Gasteiger partial charge in [-0.05, 0) is 45.7 Å². The normalized spacial score (nSPS) is 13.0. The van der Waals surface area contributed by atoms with Gasteiger partial charge in [0.1, 0.15) is 4.90 Å². The molecule has 144 valence electrons. The van der Waals surface area contributed by atoms with Crippen LogP contribution in [0, 0.1) is 12.8 Å². The van der Waals surface area contributed by atoms with Crippen LogP contribution >= 0.6 is 0 Å². The quantitative estimate of drug-likeness (QED) is 0.277. The Morgan fingerprint density at radius 2 is 1.77 bits per heavy atom. The van der Waals surface area contributed by atoms with Crippen molar-refractivity contribution < 1.29 is 31.8 Å². The van der Waals surface area contributed by atoms with E-state index in [0.29, 0.717) is 5.71 Å². The summed E-state index contributed by atoms with van der Waals surface area (Å²) in [6.45, 7) is 5.13. The fourth-order valence-electron chi connectivity index (χ4n) is 1.98. The zero-order valence-electron chi connectivity index (χ0n) is 15.2. The van der Waals surface area contributed by atoms with E-state index in [0.717, 1.165) is 5.56 Å². The van der Waals surface area contributed by atoms with Crippen molar-refractivity contribution in [2.24, 2.45) is 11.1 Å². The lowest BCUT2D eigenvalue weighted by Gasteiger charge is -2.12. The highest BCUT2D eigenvalue weighted by Crippen LogP contribution is 2.15. The monoisotopic (exact) mass is 385 g/mol. The molecule has 0 saturated heterocycles. The Bertz CT molecular complexity index is 754. The van der Waals surface area contributed by atoms with Crippen molar-refractivity contribution in [3.63, 3.8) is 0 Å². The average molecular weight is 385 g/mol. The first-order chi connectivity index (χ1) is 12.2. The highest BCUT2D eigenvalue weighted by atomic mass is 32.2. The van der Waals surface area contributed by atoms with Crippen molar-refractivity contribution in [3.8, 4) is 0 Å². The van der Waals surface area contributed by atoms with Gasteiger partial charge >= 0.3 is 22.1 Å². The number of oxime groups is 1. The zero-order chi connectivity index (χ0) is 19.7. The van der Waals surface area contributed by atoms with Crippen molar-refractivity contribution >= 4 is 27.8 Å². The first-order valence-corrected chi connectivity index (χ1v) is 9.40. The second-order valence-electron chi connectivity index (χ2n) is 5.53. The number of ether oxygens (including phenoxy) is 2. The van der Waals surface area contributed by atoms with Crippen LogP contribution in [0.2, 0.25) is 0 Å².